The maximum atomic E-state index is 12.1. The van der Waals surface area contributed by atoms with Gasteiger partial charge in [0.05, 0.1) is 19.1 Å². The number of methoxy groups -OCH3 is 2. The van der Waals surface area contributed by atoms with E-state index in [1.54, 1.807) is 29.0 Å². The van der Waals surface area contributed by atoms with Crippen LogP contribution in [0, 0.1) is 0 Å². The van der Waals surface area contributed by atoms with Gasteiger partial charge in [-0.3, -0.25) is 10.1 Å². The number of carbonyl (C=O) groups excluding carboxylic acids is 2. The number of sulfonamides is 1. The van der Waals surface area contributed by atoms with Gasteiger partial charge in [-0.25, -0.2) is 17.9 Å². The second-order valence-electron chi connectivity index (χ2n) is 5.89. The van der Waals surface area contributed by atoms with Crippen molar-refractivity contribution < 1.29 is 27.5 Å². The average Bonchev–Trinajstić information content (AvgIpc) is 2.71. The molecule has 0 aliphatic heterocycles. The number of hydrogen-bond acceptors (Lipinski definition) is 7. The van der Waals surface area contributed by atoms with E-state index in [-0.39, 0.29) is 10.0 Å². The van der Waals surface area contributed by atoms with E-state index in [0.717, 1.165) is 0 Å². The molecule has 0 saturated heterocycles. The summed E-state index contributed by atoms with van der Waals surface area (Å²) in [6, 6.07) is 9.30. The first-order valence-electron chi connectivity index (χ1n) is 8.59. The van der Waals surface area contributed by atoms with Crippen molar-refractivity contribution in [3.8, 4) is 11.5 Å². The fraction of sp³-hybridized carbons (Fsp3) is 0.105. The normalized spacial score (nSPS) is 10.9. The molecule has 164 valence electrons. The monoisotopic (exact) mass is 464 g/mol. The van der Waals surface area contributed by atoms with E-state index in [1.165, 1.54) is 44.6 Å². The topological polar surface area (TPSA) is 149 Å². The zero-order chi connectivity index (χ0) is 23.0. The van der Waals surface area contributed by atoms with Crippen LogP contribution in [0.2, 0.25) is 0 Å². The highest BCUT2D eigenvalue weighted by Gasteiger charge is 2.15. The molecule has 5 N–H and O–H groups in total. The number of benzene rings is 2. The summed E-state index contributed by atoms with van der Waals surface area (Å²) in [5, 5.41) is 5.22. The predicted octanol–water partition coefficient (Wildman–Crippen LogP) is 1.59. The maximum absolute atomic E-state index is 12.1. The molecule has 0 unspecified atom stereocenters. The lowest BCUT2D eigenvalue weighted by molar-refractivity contribution is -0.115. The Morgan fingerprint density at radius 1 is 1.03 bits per heavy atom. The highest BCUT2D eigenvalue weighted by atomic mass is 32.2. The third kappa shape index (κ3) is 6.97. The van der Waals surface area contributed by atoms with E-state index in [0.29, 0.717) is 22.7 Å². The van der Waals surface area contributed by atoms with Crippen LogP contribution in [0.25, 0.3) is 6.08 Å². The molecule has 0 spiro atoms. The van der Waals surface area contributed by atoms with E-state index >= 15 is 0 Å². The predicted molar refractivity (Wildman–Crippen MR) is 119 cm³/mol. The second-order valence-corrected chi connectivity index (χ2v) is 7.98. The molecule has 0 aliphatic carbocycles. The lowest BCUT2D eigenvalue weighted by Gasteiger charge is -2.09. The molecule has 2 aromatic carbocycles. The van der Waals surface area contributed by atoms with Gasteiger partial charge in [-0.2, -0.15) is 0 Å². The number of primary amides is 1. The average molecular weight is 465 g/mol. The first kappa shape index (κ1) is 23.6. The summed E-state index contributed by atoms with van der Waals surface area (Å²) < 4.78 is 35.7. The molecule has 0 aliphatic rings. The van der Waals surface area contributed by atoms with Crippen LogP contribution in [-0.2, 0) is 14.8 Å². The van der Waals surface area contributed by atoms with Gasteiger partial charge in [0.1, 0.15) is 0 Å². The van der Waals surface area contributed by atoms with Gasteiger partial charge in [0.2, 0.25) is 5.91 Å². The quantitative estimate of drug-likeness (QED) is 0.356. The summed E-state index contributed by atoms with van der Waals surface area (Å²) in [6.07, 6.45) is 2.87. The van der Waals surface area contributed by atoms with Crippen LogP contribution in [0.4, 0.5) is 10.5 Å². The van der Waals surface area contributed by atoms with Crippen molar-refractivity contribution in [1.29, 1.82) is 0 Å². The molecule has 0 fully saturated rings. The molecule has 2 aromatic rings. The summed E-state index contributed by atoms with van der Waals surface area (Å²) in [7, 11) is -1.01. The number of urea groups is 1. The molecule has 0 saturated carbocycles. The number of rotatable bonds is 7. The van der Waals surface area contributed by atoms with Crippen LogP contribution in [0.1, 0.15) is 5.56 Å². The van der Waals surface area contributed by atoms with E-state index in [9.17, 15) is 18.0 Å². The number of nitrogens with two attached hydrogens (primary N) is 1. The number of thiocarbonyl (C=S) groups is 1. The number of nitrogens with one attached hydrogen (secondary N) is 3. The van der Waals surface area contributed by atoms with Crippen molar-refractivity contribution in [2.45, 2.75) is 4.90 Å². The first-order valence-corrected chi connectivity index (χ1v) is 10.5. The van der Waals surface area contributed by atoms with E-state index in [1.807, 2.05) is 0 Å². The maximum Gasteiger partial charge on any atom is 0.326 e. The SMILES string of the molecule is COc1ccc(/C=C\C(=O)NC(=S)Nc2ccc(S(=O)(=O)NC(N)=O)cc2)cc1OC. The van der Waals surface area contributed by atoms with Crippen LogP contribution in [0.3, 0.4) is 0 Å². The van der Waals surface area contributed by atoms with Crippen molar-refractivity contribution in [2.24, 2.45) is 5.73 Å². The molecule has 0 atom stereocenters. The van der Waals surface area contributed by atoms with Crippen molar-refractivity contribution in [1.82, 2.24) is 10.0 Å². The number of carbonyl (C=O) groups is 2. The van der Waals surface area contributed by atoms with Crippen molar-refractivity contribution in [2.75, 3.05) is 19.5 Å². The minimum Gasteiger partial charge on any atom is -0.493 e. The molecule has 12 heteroatoms. The molecule has 31 heavy (non-hydrogen) atoms. The van der Waals surface area contributed by atoms with E-state index < -0.39 is 22.0 Å². The minimum atomic E-state index is -4.05. The van der Waals surface area contributed by atoms with Crippen LogP contribution in [0.15, 0.2) is 53.4 Å². The molecule has 0 heterocycles. The summed E-state index contributed by atoms with van der Waals surface area (Å²) in [6.45, 7) is 0. The van der Waals surface area contributed by atoms with Gasteiger partial charge in [-0.1, -0.05) is 6.07 Å². The Labute approximate surface area is 184 Å². The molecule has 2 rings (SSSR count). The van der Waals surface area contributed by atoms with Crippen molar-refractivity contribution in [3.63, 3.8) is 0 Å². The van der Waals surface area contributed by atoms with Crippen LogP contribution in [-0.4, -0.2) is 39.7 Å². The standard InChI is InChI=1S/C19H20N4O6S2/c1-28-15-9-3-12(11-16(15)29-2)4-10-17(24)22-19(30)21-13-5-7-14(8-6-13)31(26,27)23-18(20)25/h3-11H,1-2H3,(H3,20,23,25)(H2,21,22,24,30)/b10-4-. The van der Waals surface area contributed by atoms with Gasteiger partial charge < -0.3 is 20.5 Å². The molecular formula is C19H20N4O6S2. The van der Waals surface area contributed by atoms with E-state index in [4.69, 9.17) is 27.4 Å². The van der Waals surface area contributed by atoms with Gasteiger partial charge in [0, 0.05) is 11.8 Å². The minimum absolute atomic E-state index is 0.00725. The molecule has 0 radical (unpaired) electrons. The fourth-order valence-electron chi connectivity index (χ4n) is 2.35. The van der Waals surface area contributed by atoms with Crippen LogP contribution < -0.4 is 30.6 Å². The molecule has 10 nitrogen and oxygen atoms in total. The fourth-order valence-corrected chi connectivity index (χ4v) is 3.45. The van der Waals surface area contributed by atoms with Gasteiger partial charge in [0.25, 0.3) is 10.0 Å². The number of amides is 3. The van der Waals surface area contributed by atoms with Gasteiger partial charge in [-0.05, 0) is 60.3 Å². The Hall–Kier alpha value is -3.64. The second kappa shape index (κ2) is 10.4. The largest absolute Gasteiger partial charge is 0.493 e. The van der Waals surface area contributed by atoms with Crippen LogP contribution >= 0.6 is 12.2 Å². The first-order chi connectivity index (χ1) is 14.6. The molecule has 3 amide bonds. The molecular weight excluding hydrogens is 444 g/mol. The summed E-state index contributed by atoms with van der Waals surface area (Å²) in [4.78, 5) is 22.7. The molecule has 0 bridgehead atoms. The Balaban J connectivity index is 1.96. The Kier molecular flexibility index (Phi) is 7.94. The zero-order valence-corrected chi connectivity index (χ0v) is 18.2. The Bertz CT molecular complexity index is 1110. The number of anilines is 1. The Morgan fingerprint density at radius 3 is 2.26 bits per heavy atom. The Morgan fingerprint density at radius 2 is 1.68 bits per heavy atom. The zero-order valence-electron chi connectivity index (χ0n) is 16.5. The van der Waals surface area contributed by atoms with Gasteiger partial charge in [-0.15, -0.1) is 0 Å². The molecule has 0 aromatic heterocycles. The van der Waals surface area contributed by atoms with Gasteiger partial charge in [0.15, 0.2) is 16.6 Å². The van der Waals surface area contributed by atoms with Crippen molar-refractivity contribution in [3.05, 3.63) is 54.1 Å². The van der Waals surface area contributed by atoms with Gasteiger partial charge >= 0.3 is 6.03 Å². The lowest BCUT2D eigenvalue weighted by Crippen LogP contribution is -2.35. The third-order valence-electron chi connectivity index (χ3n) is 3.73. The number of ether oxygens (including phenoxy) is 2. The van der Waals surface area contributed by atoms with E-state index in [2.05, 4.69) is 10.6 Å². The smallest absolute Gasteiger partial charge is 0.326 e. The summed E-state index contributed by atoms with van der Waals surface area (Å²) in [5.74, 6) is 0.620. The van der Waals surface area contributed by atoms with Crippen LogP contribution in [0.5, 0.6) is 11.5 Å². The number of hydrogen-bond donors (Lipinski definition) is 4. The summed E-state index contributed by atoms with van der Waals surface area (Å²) in [5.41, 5.74) is 5.97. The highest BCUT2D eigenvalue weighted by Crippen LogP contribution is 2.27. The van der Waals surface area contributed by atoms with Crippen molar-refractivity contribution >= 4 is 51.1 Å². The third-order valence-corrected chi connectivity index (χ3v) is 5.30. The lowest BCUT2D eigenvalue weighted by atomic mass is 10.2. The highest BCUT2D eigenvalue weighted by molar-refractivity contribution is 7.90. The summed E-state index contributed by atoms with van der Waals surface area (Å²) >= 11 is 5.07.